The van der Waals surface area contributed by atoms with Gasteiger partial charge in [-0.1, -0.05) is 15.9 Å². The average molecular weight is 382 g/mol. The van der Waals surface area contributed by atoms with E-state index in [1.807, 2.05) is 0 Å². The first-order valence-corrected chi connectivity index (χ1v) is 6.69. The highest BCUT2D eigenvalue weighted by Gasteiger charge is 2.35. The number of hydrogen-bond donors (Lipinski definition) is 0. The number of benzene rings is 1. The van der Waals surface area contributed by atoms with Crippen molar-refractivity contribution in [2.75, 3.05) is 11.4 Å². The fourth-order valence-electron chi connectivity index (χ4n) is 1.82. The Balaban J connectivity index is 2.54. The predicted octanol–water partition coefficient (Wildman–Crippen LogP) is 3.00. The van der Waals surface area contributed by atoms with Crippen LogP contribution in [-0.2, 0) is 4.79 Å². The van der Waals surface area contributed by atoms with Crippen molar-refractivity contribution in [1.82, 2.24) is 0 Å². The van der Waals surface area contributed by atoms with Crippen LogP contribution < -0.4 is 4.90 Å². The summed E-state index contributed by atoms with van der Waals surface area (Å²) < 4.78 is 13.8. The molecule has 1 fully saturated rings. The predicted molar refractivity (Wildman–Crippen MR) is 70.4 cm³/mol. The second-order valence-corrected chi connectivity index (χ2v) is 5.94. The van der Waals surface area contributed by atoms with Gasteiger partial charge >= 0.3 is 5.69 Å². The Morgan fingerprint density at radius 1 is 1.50 bits per heavy atom. The Morgan fingerprint density at radius 3 is 2.67 bits per heavy atom. The van der Waals surface area contributed by atoms with E-state index in [1.165, 1.54) is 17.0 Å². The standard InChI is InChI=1S/C10H7Br2FN2O3/c11-5-3-8(16)14(4-5)7-2-1-6(12)9(13)10(7)15(17)18/h1-2,5H,3-4H2. The maximum Gasteiger partial charge on any atom is 0.329 e. The molecule has 0 spiro atoms. The highest BCUT2D eigenvalue weighted by molar-refractivity contribution is 9.10. The molecule has 1 saturated heterocycles. The minimum Gasteiger partial charge on any atom is -0.305 e. The van der Waals surface area contributed by atoms with Crippen LogP contribution in [-0.4, -0.2) is 22.2 Å². The summed E-state index contributed by atoms with van der Waals surface area (Å²) in [6, 6.07) is 2.72. The van der Waals surface area contributed by atoms with Gasteiger partial charge in [-0.3, -0.25) is 14.9 Å². The zero-order valence-corrected chi connectivity index (χ0v) is 12.1. The molecule has 1 aliphatic heterocycles. The van der Waals surface area contributed by atoms with Gasteiger partial charge in [-0.2, -0.15) is 4.39 Å². The zero-order chi connectivity index (χ0) is 13.4. The Labute approximate surface area is 118 Å². The van der Waals surface area contributed by atoms with Crippen molar-refractivity contribution in [1.29, 1.82) is 0 Å². The molecular formula is C10H7Br2FN2O3. The average Bonchev–Trinajstić information content (AvgIpc) is 2.61. The molecule has 1 aromatic rings. The van der Waals surface area contributed by atoms with Gasteiger partial charge in [0.05, 0.1) is 9.40 Å². The molecule has 0 aromatic heterocycles. The van der Waals surface area contributed by atoms with Crippen LogP contribution in [0.4, 0.5) is 15.8 Å². The maximum absolute atomic E-state index is 13.8. The van der Waals surface area contributed by atoms with Crippen LogP contribution in [0.1, 0.15) is 6.42 Å². The molecule has 2 rings (SSSR count). The second kappa shape index (κ2) is 4.93. The number of amides is 1. The van der Waals surface area contributed by atoms with Gasteiger partial charge in [0.15, 0.2) is 0 Å². The molecule has 0 N–H and O–H groups in total. The van der Waals surface area contributed by atoms with E-state index >= 15 is 0 Å². The van der Waals surface area contributed by atoms with E-state index in [2.05, 4.69) is 31.9 Å². The molecule has 1 amide bonds. The third kappa shape index (κ3) is 2.26. The van der Waals surface area contributed by atoms with Crippen LogP contribution in [0.25, 0.3) is 0 Å². The Bertz CT molecular complexity index is 538. The van der Waals surface area contributed by atoms with Crippen molar-refractivity contribution in [3.63, 3.8) is 0 Å². The van der Waals surface area contributed by atoms with Crippen molar-refractivity contribution >= 4 is 49.1 Å². The summed E-state index contributed by atoms with van der Waals surface area (Å²) in [6.07, 6.45) is 0.245. The van der Waals surface area contributed by atoms with E-state index in [0.717, 1.165) is 0 Å². The Hall–Kier alpha value is -1.02. The van der Waals surface area contributed by atoms with Crippen molar-refractivity contribution in [2.45, 2.75) is 11.2 Å². The largest absolute Gasteiger partial charge is 0.329 e. The number of nitrogens with zero attached hydrogens (tertiary/aromatic N) is 2. The van der Waals surface area contributed by atoms with Gasteiger partial charge in [0.1, 0.15) is 5.69 Å². The smallest absolute Gasteiger partial charge is 0.305 e. The molecule has 1 atom stereocenters. The first-order valence-electron chi connectivity index (χ1n) is 4.98. The topological polar surface area (TPSA) is 63.5 Å². The van der Waals surface area contributed by atoms with Gasteiger partial charge in [0.25, 0.3) is 0 Å². The number of halogens is 3. The van der Waals surface area contributed by atoms with Gasteiger partial charge in [-0.05, 0) is 28.1 Å². The van der Waals surface area contributed by atoms with E-state index in [4.69, 9.17) is 0 Å². The van der Waals surface area contributed by atoms with Crippen LogP contribution in [0.2, 0.25) is 0 Å². The lowest BCUT2D eigenvalue weighted by molar-refractivity contribution is -0.386. The lowest BCUT2D eigenvalue weighted by Gasteiger charge is -2.16. The van der Waals surface area contributed by atoms with Gasteiger partial charge in [-0.25, -0.2) is 0 Å². The number of anilines is 1. The molecule has 0 aliphatic carbocycles. The SMILES string of the molecule is O=C1CC(Br)CN1c1ccc(Br)c(F)c1[N+](=O)[O-]. The molecule has 1 heterocycles. The minimum atomic E-state index is -0.969. The zero-order valence-electron chi connectivity index (χ0n) is 8.90. The second-order valence-electron chi connectivity index (χ2n) is 3.79. The van der Waals surface area contributed by atoms with Gasteiger partial charge in [0, 0.05) is 17.8 Å². The molecule has 18 heavy (non-hydrogen) atoms. The normalized spacial score (nSPS) is 19.4. The number of rotatable bonds is 2. The molecule has 1 aliphatic rings. The van der Waals surface area contributed by atoms with E-state index in [0.29, 0.717) is 6.54 Å². The third-order valence-corrected chi connectivity index (χ3v) is 3.82. The lowest BCUT2D eigenvalue weighted by Crippen LogP contribution is -2.25. The highest BCUT2D eigenvalue weighted by atomic mass is 79.9. The fraction of sp³-hybridized carbons (Fsp3) is 0.300. The fourth-order valence-corrected chi connectivity index (χ4v) is 2.70. The van der Waals surface area contributed by atoms with Crippen LogP contribution >= 0.6 is 31.9 Å². The molecule has 0 radical (unpaired) electrons. The molecule has 5 nitrogen and oxygen atoms in total. The molecular weight excluding hydrogens is 375 g/mol. The summed E-state index contributed by atoms with van der Waals surface area (Å²) in [5.41, 5.74) is -0.688. The summed E-state index contributed by atoms with van der Waals surface area (Å²) in [4.78, 5) is 23.0. The number of carbonyl (C=O) groups is 1. The van der Waals surface area contributed by atoms with Crippen LogP contribution in [0, 0.1) is 15.9 Å². The number of nitro groups is 1. The van der Waals surface area contributed by atoms with Gasteiger partial charge in [-0.15, -0.1) is 0 Å². The molecule has 96 valence electrons. The lowest BCUT2D eigenvalue weighted by atomic mass is 10.2. The monoisotopic (exact) mass is 380 g/mol. The van der Waals surface area contributed by atoms with E-state index in [1.54, 1.807) is 0 Å². The molecule has 0 bridgehead atoms. The molecule has 8 heteroatoms. The Kier molecular flexibility index (Phi) is 3.67. The van der Waals surface area contributed by atoms with E-state index < -0.39 is 16.4 Å². The van der Waals surface area contributed by atoms with Crippen LogP contribution in [0.3, 0.4) is 0 Å². The van der Waals surface area contributed by atoms with Gasteiger partial charge in [0.2, 0.25) is 11.7 Å². The number of nitro benzene ring substituents is 1. The first kappa shape index (κ1) is 13.4. The van der Waals surface area contributed by atoms with Crippen molar-refractivity contribution in [2.24, 2.45) is 0 Å². The van der Waals surface area contributed by atoms with E-state index in [9.17, 15) is 19.3 Å². The number of alkyl halides is 1. The molecule has 1 aromatic carbocycles. The summed E-state index contributed by atoms with van der Waals surface area (Å²) >= 11 is 6.17. The number of hydrogen-bond acceptors (Lipinski definition) is 3. The summed E-state index contributed by atoms with van der Waals surface area (Å²) in [5, 5.41) is 10.9. The molecule has 0 saturated carbocycles. The minimum absolute atomic E-state index is 0.0000110. The Morgan fingerprint density at radius 2 is 2.17 bits per heavy atom. The number of carbonyl (C=O) groups excluding carboxylic acids is 1. The van der Waals surface area contributed by atoms with Crippen LogP contribution in [0.15, 0.2) is 16.6 Å². The van der Waals surface area contributed by atoms with Crippen molar-refractivity contribution < 1.29 is 14.1 Å². The third-order valence-electron chi connectivity index (χ3n) is 2.60. The maximum atomic E-state index is 13.8. The summed E-state index contributed by atoms with van der Waals surface area (Å²) in [7, 11) is 0. The molecule has 1 unspecified atom stereocenters. The first-order chi connectivity index (χ1) is 8.41. The summed E-state index contributed by atoms with van der Waals surface area (Å²) in [6.45, 7) is 0.292. The van der Waals surface area contributed by atoms with E-state index in [-0.39, 0.29) is 27.3 Å². The summed E-state index contributed by atoms with van der Waals surface area (Å²) in [5.74, 6) is -1.23. The highest BCUT2D eigenvalue weighted by Crippen LogP contribution is 2.37. The van der Waals surface area contributed by atoms with Crippen molar-refractivity contribution in [3.05, 3.63) is 32.5 Å². The van der Waals surface area contributed by atoms with Crippen molar-refractivity contribution in [3.8, 4) is 0 Å². The van der Waals surface area contributed by atoms with Crippen LogP contribution in [0.5, 0.6) is 0 Å². The quantitative estimate of drug-likeness (QED) is 0.449. The van der Waals surface area contributed by atoms with Gasteiger partial charge < -0.3 is 4.90 Å².